The number of piperazine rings is 1. The van der Waals surface area contributed by atoms with Crippen LogP contribution in [0.4, 0.5) is 0 Å². The first-order valence-corrected chi connectivity index (χ1v) is 12.8. The SMILES string of the molecule is COC(=O)[C@H]1CN(S(=O)(=O)c2cc3cc(Cl)ccc3[nH]2)CC(=O)N1Cc1ccc(C(=N)N(C)C)cc1. The van der Waals surface area contributed by atoms with Gasteiger partial charge in [0.15, 0.2) is 0 Å². The number of sulfonamides is 1. The van der Waals surface area contributed by atoms with Gasteiger partial charge in [0.2, 0.25) is 5.91 Å². The third-order valence-corrected chi connectivity index (χ3v) is 8.03. The number of amidine groups is 1. The minimum absolute atomic E-state index is 0.0902. The van der Waals surface area contributed by atoms with Gasteiger partial charge in [-0.15, -0.1) is 0 Å². The Bertz CT molecular complexity index is 1430. The topological polar surface area (TPSA) is 127 Å². The first-order valence-electron chi connectivity index (χ1n) is 11.0. The zero-order chi connectivity index (χ0) is 26.2. The average Bonchev–Trinajstić information content (AvgIpc) is 3.28. The highest BCUT2D eigenvalue weighted by molar-refractivity contribution is 7.89. The molecule has 2 N–H and O–H groups in total. The number of esters is 1. The Kier molecular flexibility index (Phi) is 7.07. The molecule has 1 atom stereocenters. The van der Waals surface area contributed by atoms with Crippen molar-refractivity contribution in [2.24, 2.45) is 0 Å². The van der Waals surface area contributed by atoms with Crippen LogP contribution in [0.2, 0.25) is 5.02 Å². The average molecular weight is 532 g/mol. The van der Waals surface area contributed by atoms with Crippen molar-refractivity contribution in [2.45, 2.75) is 17.6 Å². The maximum atomic E-state index is 13.4. The van der Waals surface area contributed by atoms with Crippen LogP contribution in [0.3, 0.4) is 0 Å². The lowest BCUT2D eigenvalue weighted by molar-refractivity contribution is -0.157. The number of amides is 1. The van der Waals surface area contributed by atoms with Gasteiger partial charge in [-0.1, -0.05) is 35.9 Å². The molecule has 0 unspecified atom stereocenters. The van der Waals surface area contributed by atoms with E-state index in [1.54, 1.807) is 61.5 Å². The molecule has 2 heterocycles. The maximum Gasteiger partial charge on any atom is 0.329 e. The van der Waals surface area contributed by atoms with E-state index in [9.17, 15) is 18.0 Å². The van der Waals surface area contributed by atoms with Gasteiger partial charge in [-0.2, -0.15) is 4.31 Å². The molecular formula is C24H26ClN5O5S. The van der Waals surface area contributed by atoms with Gasteiger partial charge in [0, 0.05) is 48.7 Å². The molecule has 0 aliphatic carbocycles. The van der Waals surface area contributed by atoms with Gasteiger partial charge in [0.25, 0.3) is 10.0 Å². The van der Waals surface area contributed by atoms with Crippen molar-refractivity contribution >= 4 is 50.2 Å². The van der Waals surface area contributed by atoms with Crippen LogP contribution in [0.1, 0.15) is 11.1 Å². The summed E-state index contributed by atoms with van der Waals surface area (Å²) in [5.74, 6) is -0.898. The summed E-state index contributed by atoms with van der Waals surface area (Å²) in [4.78, 5) is 31.6. The zero-order valence-corrected chi connectivity index (χ0v) is 21.6. The summed E-state index contributed by atoms with van der Waals surface area (Å²) in [6.45, 7) is -0.581. The number of hydrogen-bond acceptors (Lipinski definition) is 6. The Balaban J connectivity index is 1.59. The number of ether oxygens (including phenoxy) is 1. The molecule has 10 nitrogen and oxygen atoms in total. The highest BCUT2D eigenvalue weighted by Gasteiger charge is 2.42. The third kappa shape index (κ3) is 4.95. The summed E-state index contributed by atoms with van der Waals surface area (Å²) in [5, 5.41) is 9.06. The van der Waals surface area contributed by atoms with Gasteiger partial charge in [0.1, 0.15) is 16.9 Å². The lowest BCUT2D eigenvalue weighted by Crippen LogP contribution is -2.60. The van der Waals surface area contributed by atoms with E-state index in [-0.39, 0.29) is 18.1 Å². The molecular weight excluding hydrogens is 506 g/mol. The number of nitrogens with zero attached hydrogens (tertiary/aromatic N) is 3. The van der Waals surface area contributed by atoms with E-state index in [4.69, 9.17) is 21.7 Å². The Morgan fingerprint density at radius 2 is 1.89 bits per heavy atom. The van der Waals surface area contributed by atoms with Gasteiger partial charge in [-0.3, -0.25) is 10.2 Å². The lowest BCUT2D eigenvalue weighted by Gasteiger charge is -2.38. The molecule has 1 amide bonds. The van der Waals surface area contributed by atoms with Crippen molar-refractivity contribution < 1.29 is 22.7 Å². The summed E-state index contributed by atoms with van der Waals surface area (Å²) >= 11 is 6.01. The van der Waals surface area contributed by atoms with E-state index in [0.29, 0.717) is 27.3 Å². The first-order chi connectivity index (χ1) is 17.0. The molecule has 1 fully saturated rings. The number of hydrogen-bond donors (Lipinski definition) is 2. The predicted molar refractivity (Wildman–Crippen MR) is 135 cm³/mol. The van der Waals surface area contributed by atoms with E-state index in [0.717, 1.165) is 9.87 Å². The fraction of sp³-hybridized carbons (Fsp3) is 0.292. The summed E-state index contributed by atoms with van der Waals surface area (Å²) in [6, 6.07) is 12.3. The van der Waals surface area contributed by atoms with Crippen molar-refractivity contribution in [3.8, 4) is 0 Å². The Hall–Kier alpha value is -3.41. The molecule has 0 spiro atoms. The van der Waals surface area contributed by atoms with Crippen LogP contribution in [0.25, 0.3) is 10.9 Å². The molecule has 0 radical (unpaired) electrons. The highest BCUT2D eigenvalue weighted by Crippen LogP contribution is 2.27. The summed E-state index contributed by atoms with van der Waals surface area (Å²) in [6.07, 6.45) is 0. The fourth-order valence-corrected chi connectivity index (χ4v) is 5.66. The van der Waals surface area contributed by atoms with Crippen LogP contribution in [0.15, 0.2) is 53.6 Å². The van der Waals surface area contributed by atoms with E-state index in [1.165, 1.54) is 18.1 Å². The minimum atomic E-state index is -4.11. The summed E-state index contributed by atoms with van der Waals surface area (Å²) < 4.78 is 32.6. The number of H-pyrrole nitrogens is 1. The van der Waals surface area contributed by atoms with Crippen LogP contribution in [0.5, 0.6) is 0 Å². The van der Waals surface area contributed by atoms with Crippen LogP contribution in [-0.4, -0.2) is 85.6 Å². The molecule has 4 rings (SSSR count). The van der Waals surface area contributed by atoms with Gasteiger partial charge in [0.05, 0.1) is 13.7 Å². The smallest absolute Gasteiger partial charge is 0.329 e. The molecule has 1 aliphatic heterocycles. The number of fused-ring (bicyclic) bond motifs is 1. The second kappa shape index (κ2) is 9.92. The van der Waals surface area contributed by atoms with Crippen LogP contribution >= 0.6 is 11.6 Å². The number of halogens is 1. The van der Waals surface area contributed by atoms with E-state index in [2.05, 4.69) is 4.98 Å². The van der Waals surface area contributed by atoms with Crippen molar-refractivity contribution in [1.82, 2.24) is 19.1 Å². The monoisotopic (exact) mass is 531 g/mol. The van der Waals surface area contributed by atoms with Crippen LogP contribution in [0, 0.1) is 5.41 Å². The number of aromatic amines is 1. The molecule has 1 aliphatic rings. The summed E-state index contributed by atoms with van der Waals surface area (Å²) in [7, 11) is 0.628. The zero-order valence-electron chi connectivity index (χ0n) is 20.0. The number of rotatable bonds is 6. The van der Waals surface area contributed by atoms with Crippen molar-refractivity contribution in [3.63, 3.8) is 0 Å². The molecule has 190 valence electrons. The molecule has 2 aromatic carbocycles. The second-order valence-corrected chi connectivity index (χ2v) is 11.0. The quantitative estimate of drug-likeness (QED) is 0.285. The third-order valence-electron chi connectivity index (χ3n) is 6.06. The number of methoxy groups -OCH3 is 1. The molecule has 36 heavy (non-hydrogen) atoms. The molecule has 3 aromatic rings. The number of nitrogens with one attached hydrogen (secondary N) is 2. The summed E-state index contributed by atoms with van der Waals surface area (Å²) in [5.41, 5.74) is 2.02. The Morgan fingerprint density at radius 1 is 1.19 bits per heavy atom. The normalized spacial score (nSPS) is 16.8. The van der Waals surface area contributed by atoms with E-state index >= 15 is 0 Å². The number of carbonyl (C=O) groups is 2. The fourth-order valence-electron chi connectivity index (χ4n) is 4.07. The van der Waals surface area contributed by atoms with Crippen molar-refractivity contribution in [1.29, 1.82) is 5.41 Å². The van der Waals surface area contributed by atoms with Crippen LogP contribution < -0.4 is 0 Å². The highest BCUT2D eigenvalue weighted by atomic mass is 35.5. The van der Waals surface area contributed by atoms with Crippen molar-refractivity contribution in [2.75, 3.05) is 34.3 Å². The second-order valence-electron chi connectivity index (χ2n) is 8.66. The molecule has 12 heteroatoms. The standard InChI is InChI=1S/C24H26ClN5O5S/c1-28(2)23(26)16-6-4-15(5-7-16)12-30-20(24(32)35-3)13-29(14-22(30)31)36(33,34)21-11-17-10-18(25)8-9-19(17)27-21/h4-11,20,26-27H,12-14H2,1-3H3/t20-/m1/s1. The Morgan fingerprint density at radius 3 is 2.53 bits per heavy atom. The number of aromatic nitrogens is 1. The number of benzene rings is 2. The minimum Gasteiger partial charge on any atom is -0.467 e. The molecule has 0 bridgehead atoms. The van der Waals surface area contributed by atoms with Crippen molar-refractivity contribution in [3.05, 3.63) is 64.7 Å². The largest absolute Gasteiger partial charge is 0.467 e. The Labute approximate surface area is 213 Å². The predicted octanol–water partition coefficient (Wildman–Crippen LogP) is 2.28. The van der Waals surface area contributed by atoms with Crippen LogP contribution in [-0.2, 0) is 30.9 Å². The van der Waals surface area contributed by atoms with Gasteiger partial charge in [-0.05, 0) is 29.8 Å². The first kappa shape index (κ1) is 25.7. The lowest BCUT2D eigenvalue weighted by atomic mass is 10.1. The molecule has 1 aromatic heterocycles. The van der Waals surface area contributed by atoms with Gasteiger partial charge >= 0.3 is 5.97 Å². The molecule has 0 saturated carbocycles. The number of carbonyl (C=O) groups excluding carboxylic acids is 2. The molecule has 1 saturated heterocycles. The van der Waals surface area contributed by atoms with E-state index < -0.39 is 34.5 Å². The van der Waals surface area contributed by atoms with Gasteiger partial charge in [-0.25, -0.2) is 13.2 Å². The van der Waals surface area contributed by atoms with E-state index in [1.807, 2.05) is 0 Å². The van der Waals surface area contributed by atoms with Gasteiger partial charge < -0.3 is 19.5 Å². The maximum absolute atomic E-state index is 13.4.